The van der Waals surface area contributed by atoms with Crippen molar-refractivity contribution in [2.45, 2.75) is 33.2 Å². The molecular formula is C18H21BrN2O. The summed E-state index contributed by atoms with van der Waals surface area (Å²) in [5.74, 6) is 0.361. The van der Waals surface area contributed by atoms with Crippen LogP contribution >= 0.6 is 15.9 Å². The van der Waals surface area contributed by atoms with Crippen LogP contribution in [0.4, 0.5) is 10.5 Å². The van der Waals surface area contributed by atoms with Crippen LogP contribution < -0.4 is 10.6 Å². The van der Waals surface area contributed by atoms with E-state index < -0.39 is 0 Å². The Labute approximate surface area is 140 Å². The van der Waals surface area contributed by atoms with Crippen LogP contribution in [0.25, 0.3) is 0 Å². The molecule has 0 heterocycles. The fraction of sp³-hybridized carbons (Fsp3) is 0.278. The van der Waals surface area contributed by atoms with Crippen LogP contribution in [0.3, 0.4) is 0 Å². The fourth-order valence-corrected chi connectivity index (χ4v) is 2.78. The lowest BCUT2D eigenvalue weighted by molar-refractivity contribution is 0.251. The molecule has 2 rings (SSSR count). The van der Waals surface area contributed by atoms with Crippen molar-refractivity contribution in [2.75, 3.05) is 5.32 Å². The second kappa shape index (κ2) is 7.45. The van der Waals surface area contributed by atoms with E-state index in [0.717, 1.165) is 26.9 Å². The molecule has 0 aliphatic rings. The van der Waals surface area contributed by atoms with Crippen LogP contribution in [0, 0.1) is 6.92 Å². The zero-order valence-corrected chi connectivity index (χ0v) is 14.7. The number of hydrogen-bond donors (Lipinski definition) is 2. The number of nitrogens with one attached hydrogen (secondary N) is 2. The summed E-state index contributed by atoms with van der Waals surface area (Å²) in [6.45, 7) is 6.75. The lowest BCUT2D eigenvalue weighted by Crippen LogP contribution is -2.29. The highest BCUT2D eigenvalue weighted by Crippen LogP contribution is 2.27. The number of hydrogen-bond acceptors (Lipinski definition) is 1. The van der Waals surface area contributed by atoms with E-state index in [1.807, 2.05) is 43.3 Å². The first-order chi connectivity index (χ1) is 10.5. The van der Waals surface area contributed by atoms with Crippen molar-refractivity contribution in [3.05, 3.63) is 63.6 Å². The predicted octanol–water partition coefficient (Wildman–Crippen LogP) is 5.20. The second-order valence-corrected chi connectivity index (χ2v) is 6.55. The smallest absolute Gasteiger partial charge is 0.319 e. The first-order valence-electron chi connectivity index (χ1n) is 7.36. The van der Waals surface area contributed by atoms with Gasteiger partial charge in [-0.3, -0.25) is 0 Å². The Morgan fingerprint density at radius 1 is 1.18 bits per heavy atom. The van der Waals surface area contributed by atoms with Crippen molar-refractivity contribution >= 4 is 27.6 Å². The normalized spacial score (nSPS) is 10.6. The minimum Gasteiger partial charge on any atom is -0.334 e. The minimum absolute atomic E-state index is 0.184. The Hall–Kier alpha value is -1.81. The van der Waals surface area contributed by atoms with Crippen molar-refractivity contribution < 1.29 is 4.79 Å². The van der Waals surface area contributed by atoms with Crippen LogP contribution in [-0.4, -0.2) is 6.03 Å². The van der Waals surface area contributed by atoms with E-state index in [0.29, 0.717) is 12.5 Å². The third kappa shape index (κ3) is 4.34. The van der Waals surface area contributed by atoms with E-state index in [2.05, 4.69) is 46.5 Å². The molecule has 0 saturated heterocycles. The van der Waals surface area contributed by atoms with Gasteiger partial charge >= 0.3 is 6.03 Å². The van der Waals surface area contributed by atoms with Gasteiger partial charge in [0.05, 0.1) is 0 Å². The average molecular weight is 361 g/mol. The van der Waals surface area contributed by atoms with E-state index in [-0.39, 0.29) is 6.03 Å². The van der Waals surface area contributed by atoms with Gasteiger partial charge < -0.3 is 10.6 Å². The number of halogens is 1. The van der Waals surface area contributed by atoms with Crippen molar-refractivity contribution in [3.8, 4) is 0 Å². The fourth-order valence-electron chi connectivity index (χ4n) is 2.33. The molecule has 2 N–H and O–H groups in total. The molecule has 0 bridgehead atoms. The standard InChI is InChI=1S/C18H21BrN2O/c1-12(2)16-9-4-6-13(3)17(16)21-18(22)20-11-14-7-5-8-15(19)10-14/h4-10,12H,11H2,1-3H3,(H2,20,21,22). The quantitative estimate of drug-likeness (QED) is 0.772. The average Bonchev–Trinajstić information content (AvgIpc) is 2.47. The van der Waals surface area contributed by atoms with Crippen LogP contribution in [0.1, 0.15) is 36.5 Å². The lowest BCUT2D eigenvalue weighted by Gasteiger charge is -2.17. The third-order valence-corrected chi connectivity index (χ3v) is 4.00. The summed E-state index contributed by atoms with van der Waals surface area (Å²) in [4.78, 5) is 12.2. The maximum atomic E-state index is 12.2. The SMILES string of the molecule is Cc1cccc(C(C)C)c1NC(=O)NCc1cccc(Br)c1. The molecule has 2 aromatic carbocycles. The van der Waals surface area contributed by atoms with E-state index in [1.165, 1.54) is 0 Å². The molecule has 0 saturated carbocycles. The molecule has 22 heavy (non-hydrogen) atoms. The molecular weight excluding hydrogens is 340 g/mol. The second-order valence-electron chi connectivity index (χ2n) is 5.63. The van der Waals surface area contributed by atoms with Gasteiger partial charge in [0, 0.05) is 16.7 Å². The highest BCUT2D eigenvalue weighted by Gasteiger charge is 2.11. The number of urea groups is 1. The Bertz CT molecular complexity index is 668. The summed E-state index contributed by atoms with van der Waals surface area (Å²) in [5.41, 5.74) is 4.18. The molecule has 0 radical (unpaired) electrons. The number of benzene rings is 2. The molecule has 116 valence electrons. The van der Waals surface area contributed by atoms with Gasteiger partial charge in [-0.05, 0) is 41.7 Å². The van der Waals surface area contributed by atoms with E-state index in [1.54, 1.807) is 0 Å². The number of amides is 2. The molecule has 2 amide bonds. The molecule has 0 spiro atoms. The number of carbonyl (C=O) groups excluding carboxylic acids is 1. The molecule has 0 unspecified atom stereocenters. The number of aryl methyl sites for hydroxylation is 1. The molecule has 0 aliphatic heterocycles. The highest BCUT2D eigenvalue weighted by atomic mass is 79.9. The number of rotatable bonds is 4. The summed E-state index contributed by atoms with van der Waals surface area (Å²) in [5, 5.41) is 5.88. The zero-order valence-electron chi connectivity index (χ0n) is 13.1. The largest absolute Gasteiger partial charge is 0.334 e. The van der Waals surface area contributed by atoms with Crippen molar-refractivity contribution in [2.24, 2.45) is 0 Å². The van der Waals surface area contributed by atoms with E-state index in [9.17, 15) is 4.79 Å². The summed E-state index contributed by atoms with van der Waals surface area (Å²) in [6, 6.07) is 13.8. The molecule has 0 aromatic heterocycles. The van der Waals surface area contributed by atoms with Crippen LogP contribution in [0.2, 0.25) is 0 Å². The van der Waals surface area contributed by atoms with Crippen LogP contribution in [0.15, 0.2) is 46.9 Å². The van der Waals surface area contributed by atoms with Gasteiger partial charge in [0.1, 0.15) is 0 Å². The summed E-state index contributed by atoms with van der Waals surface area (Å²) < 4.78 is 1.01. The minimum atomic E-state index is -0.184. The molecule has 0 atom stereocenters. The lowest BCUT2D eigenvalue weighted by atomic mass is 9.98. The van der Waals surface area contributed by atoms with Gasteiger partial charge in [-0.2, -0.15) is 0 Å². The number of para-hydroxylation sites is 1. The molecule has 2 aromatic rings. The Kier molecular flexibility index (Phi) is 5.61. The first-order valence-corrected chi connectivity index (χ1v) is 8.15. The molecule has 0 aliphatic carbocycles. The van der Waals surface area contributed by atoms with Crippen LogP contribution in [-0.2, 0) is 6.54 Å². The monoisotopic (exact) mass is 360 g/mol. The van der Waals surface area contributed by atoms with Crippen molar-refractivity contribution in [3.63, 3.8) is 0 Å². The summed E-state index contributed by atoms with van der Waals surface area (Å²) >= 11 is 3.43. The molecule has 3 nitrogen and oxygen atoms in total. The molecule has 4 heteroatoms. The van der Waals surface area contributed by atoms with E-state index in [4.69, 9.17) is 0 Å². The maximum absolute atomic E-state index is 12.2. The van der Waals surface area contributed by atoms with Crippen molar-refractivity contribution in [1.29, 1.82) is 0 Å². The van der Waals surface area contributed by atoms with Gasteiger partial charge in [0.25, 0.3) is 0 Å². The molecule has 0 fully saturated rings. The van der Waals surface area contributed by atoms with Gasteiger partial charge in [-0.1, -0.05) is 60.1 Å². The number of anilines is 1. The third-order valence-electron chi connectivity index (χ3n) is 3.51. The van der Waals surface area contributed by atoms with Gasteiger partial charge in [-0.25, -0.2) is 4.79 Å². The van der Waals surface area contributed by atoms with Gasteiger partial charge in [0.2, 0.25) is 0 Å². The summed E-state index contributed by atoms with van der Waals surface area (Å²) in [7, 11) is 0. The van der Waals surface area contributed by atoms with Gasteiger partial charge in [-0.15, -0.1) is 0 Å². The topological polar surface area (TPSA) is 41.1 Å². The first kappa shape index (κ1) is 16.6. The van der Waals surface area contributed by atoms with Gasteiger partial charge in [0.15, 0.2) is 0 Å². The number of carbonyl (C=O) groups is 1. The Morgan fingerprint density at radius 3 is 2.59 bits per heavy atom. The van der Waals surface area contributed by atoms with E-state index >= 15 is 0 Å². The Morgan fingerprint density at radius 2 is 1.91 bits per heavy atom. The van der Waals surface area contributed by atoms with Crippen molar-refractivity contribution in [1.82, 2.24) is 5.32 Å². The predicted molar refractivity (Wildman–Crippen MR) is 95.3 cm³/mol. The Balaban J connectivity index is 2.03. The zero-order chi connectivity index (χ0) is 16.1. The maximum Gasteiger partial charge on any atom is 0.319 e. The highest BCUT2D eigenvalue weighted by molar-refractivity contribution is 9.10. The summed E-state index contributed by atoms with van der Waals surface area (Å²) in [6.07, 6.45) is 0. The van der Waals surface area contributed by atoms with Crippen LogP contribution in [0.5, 0.6) is 0 Å².